The topological polar surface area (TPSA) is 57.8 Å². The van der Waals surface area contributed by atoms with E-state index >= 15 is 0 Å². The Kier molecular flexibility index (Phi) is 6.38. The van der Waals surface area contributed by atoms with Gasteiger partial charge < -0.3 is 9.32 Å². The van der Waals surface area contributed by atoms with Crippen molar-refractivity contribution in [1.82, 2.24) is 0 Å². The molecule has 2 aromatic carbocycles. The van der Waals surface area contributed by atoms with Gasteiger partial charge in [0, 0.05) is 30.2 Å². The van der Waals surface area contributed by atoms with Crippen LogP contribution >= 0.6 is 0 Å². The lowest BCUT2D eigenvalue weighted by molar-refractivity contribution is -0.0582. The summed E-state index contributed by atoms with van der Waals surface area (Å²) in [6.07, 6.45) is -4.85. The summed E-state index contributed by atoms with van der Waals surface area (Å²) in [5, 5.41) is 3.92. The molecule has 0 saturated carbocycles. The molecule has 3 rings (SSSR count). The van der Waals surface area contributed by atoms with Gasteiger partial charge in [-0.05, 0) is 57.5 Å². The van der Waals surface area contributed by atoms with E-state index in [1.807, 2.05) is 31.7 Å². The maximum atomic E-state index is 13.8. The molecule has 0 fully saturated rings. The van der Waals surface area contributed by atoms with Crippen molar-refractivity contribution < 1.29 is 17.6 Å². The predicted molar refractivity (Wildman–Crippen MR) is 118 cm³/mol. The molecule has 164 valence electrons. The minimum Gasteiger partial charge on any atom is -0.422 e. The van der Waals surface area contributed by atoms with E-state index in [1.165, 1.54) is 6.07 Å². The first-order valence-corrected chi connectivity index (χ1v) is 9.95. The van der Waals surface area contributed by atoms with E-state index in [4.69, 9.17) is 4.42 Å². The highest BCUT2D eigenvalue weighted by Gasteiger charge is 2.39. The Bertz CT molecular complexity index is 1180. The molecule has 0 aliphatic carbocycles. The monoisotopic (exact) mass is 431 g/mol. The third kappa shape index (κ3) is 4.90. The van der Waals surface area contributed by atoms with Crippen molar-refractivity contribution >= 4 is 28.1 Å². The van der Waals surface area contributed by atoms with Crippen LogP contribution in [0.15, 0.2) is 56.8 Å². The van der Waals surface area contributed by atoms with Gasteiger partial charge in [0.15, 0.2) is 5.71 Å². The lowest BCUT2D eigenvalue weighted by atomic mass is 10.1. The number of fused-ring (bicyclic) bond motifs is 1. The zero-order chi connectivity index (χ0) is 22.8. The largest absolute Gasteiger partial charge is 0.435 e. The minimum absolute atomic E-state index is 0.224. The molecule has 3 aromatic rings. The Hall–Kier alpha value is -3.29. The first kappa shape index (κ1) is 22.4. The van der Waals surface area contributed by atoms with Gasteiger partial charge in [-0.15, -0.1) is 0 Å². The number of alkyl halides is 3. The summed E-state index contributed by atoms with van der Waals surface area (Å²) in [5.74, 6) is 0. The van der Waals surface area contributed by atoms with Gasteiger partial charge in [-0.1, -0.05) is 17.7 Å². The van der Waals surface area contributed by atoms with E-state index in [0.717, 1.165) is 29.9 Å². The van der Waals surface area contributed by atoms with E-state index in [1.54, 1.807) is 37.3 Å². The number of nitrogens with zero attached hydrogens (tertiary/aromatic N) is 2. The molecule has 0 bridgehead atoms. The number of anilines is 2. The summed E-state index contributed by atoms with van der Waals surface area (Å²) in [6.45, 7) is 9.12. The Morgan fingerprint density at radius 1 is 1.06 bits per heavy atom. The highest BCUT2D eigenvalue weighted by atomic mass is 19.4. The number of halogens is 3. The number of aryl methyl sites for hydroxylation is 2. The van der Waals surface area contributed by atoms with Crippen LogP contribution in [0.1, 0.15) is 30.5 Å². The predicted octanol–water partition coefficient (Wildman–Crippen LogP) is 5.63. The fourth-order valence-corrected chi connectivity index (χ4v) is 3.38. The molecule has 0 unspecified atom stereocenters. The first-order valence-electron chi connectivity index (χ1n) is 9.95. The molecule has 0 spiro atoms. The molecular formula is C23H24F3N3O2. The number of nitrogens with one attached hydrogen (secondary N) is 1. The van der Waals surface area contributed by atoms with Gasteiger partial charge >= 0.3 is 11.8 Å². The van der Waals surface area contributed by atoms with Crippen LogP contribution in [0.3, 0.4) is 0 Å². The number of hydrazone groups is 1. The van der Waals surface area contributed by atoms with Crippen LogP contribution < -0.4 is 16.0 Å². The van der Waals surface area contributed by atoms with E-state index < -0.39 is 23.1 Å². The van der Waals surface area contributed by atoms with Gasteiger partial charge in [-0.2, -0.15) is 18.3 Å². The van der Waals surface area contributed by atoms with Crippen LogP contribution in [0.5, 0.6) is 0 Å². The molecule has 31 heavy (non-hydrogen) atoms. The van der Waals surface area contributed by atoms with Crippen molar-refractivity contribution in [1.29, 1.82) is 0 Å². The third-order valence-electron chi connectivity index (χ3n) is 5.04. The first-order chi connectivity index (χ1) is 14.6. The third-order valence-corrected chi connectivity index (χ3v) is 5.04. The van der Waals surface area contributed by atoms with Crippen LogP contribution in [0.2, 0.25) is 0 Å². The van der Waals surface area contributed by atoms with Gasteiger partial charge in [0.25, 0.3) is 0 Å². The highest BCUT2D eigenvalue weighted by Crippen LogP contribution is 2.26. The maximum Gasteiger partial charge on any atom is 0.435 e. The molecule has 1 N–H and O–H groups in total. The SMILES string of the molecule is CCN(CC)c1ccc2cc(/C(=N/Nc3ccc(C)cc3C)C(F)(F)F)c(=O)oc2c1. The summed E-state index contributed by atoms with van der Waals surface area (Å²) in [4.78, 5) is 14.5. The second kappa shape index (κ2) is 8.83. The molecule has 0 radical (unpaired) electrons. The van der Waals surface area contributed by atoms with Crippen molar-refractivity contribution in [2.24, 2.45) is 5.10 Å². The lowest BCUT2D eigenvalue weighted by Gasteiger charge is -2.21. The van der Waals surface area contributed by atoms with Crippen LogP contribution in [-0.4, -0.2) is 25.0 Å². The summed E-state index contributed by atoms with van der Waals surface area (Å²) in [7, 11) is 0. The normalized spacial score (nSPS) is 12.3. The van der Waals surface area contributed by atoms with Crippen molar-refractivity contribution in [3.8, 4) is 0 Å². The van der Waals surface area contributed by atoms with Crippen LogP contribution in [0.4, 0.5) is 24.5 Å². The number of hydrogen-bond acceptors (Lipinski definition) is 5. The zero-order valence-electron chi connectivity index (χ0n) is 17.8. The lowest BCUT2D eigenvalue weighted by Crippen LogP contribution is -2.30. The van der Waals surface area contributed by atoms with E-state index in [2.05, 4.69) is 10.5 Å². The summed E-state index contributed by atoms with van der Waals surface area (Å²) in [5.41, 5.74) is 2.54. The van der Waals surface area contributed by atoms with Crippen molar-refractivity contribution in [2.75, 3.05) is 23.4 Å². The van der Waals surface area contributed by atoms with Crippen LogP contribution in [-0.2, 0) is 0 Å². The second-order valence-corrected chi connectivity index (χ2v) is 7.23. The highest BCUT2D eigenvalue weighted by molar-refractivity contribution is 6.06. The average Bonchev–Trinajstić information content (AvgIpc) is 2.70. The van der Waals surface area contributed by atoms with E-state index in [-0.39, 0.29) is 5.58 Å². The second-order valence-electron chi connectivity index (χ2n) is 7.23. The number of rotatable bonds is 6. The number of hydrogen-bond donors (Lipinski definition) is 1. The Labute approximate surface area is 178 Å². The molecule has 0 atom stereocenters. The summed E-state index contributed by atoms with van der Waals surface area (Å²) in [6, 6.07) is 11.5. The Morgan fingerprint density at radius 2 is 1.77 bits per heavy atom. The fraction of sp³-hybridized carbons (Fsp3) is 0.304. The van der Waals surface area contributed by atoms with Gasteiger partial charge in [0.1, 0.15) is 5.58 Å². The van der Waals surface area contributed by atoms with Crippen molar-refractivity contribution in [3.63, 3.8) is 0 Å². The number of benzene rings is 2. The molecule has 5 nitrogen and oxygen atoms in total. The van der Waals surface area contributed by atoms with Gasteiger partial charge in [-0.3, -0.25) is 5.43 Å². The molecule has 0 aliphatic rings. The van der Waals surface area contributed by atoms with Crippen LogP contribution in [0.25, 0.3) is 11.0 Å². The average molecular weight is 431 g/mol. The molecular weight excluding hydrogens is 407 g/mol. The molecule has 1 aromatic heterocycles. The quantitative estimate of drug-likeness (QED) is 0.312. The standard InChI is InChI=1S/C23H24F3N3O2/c1-5-29(6-2)17-9-8-16-12-18(22(30)31-20(16)13-17)21(23(24,25)26)28-27-19-10-7-14(3)11-15(19)4/h7-13,27H,5-6H2,1-4H3/b28-21-. The summed E-state index contributed by atoms with van der Waals surface area (Å²) < 4.78 is 46.5. The summed E-state index contributed by atoms with van der Waals surface area (Å²) >= 11 is 0. The molecule has 8 heteroatoms. The van der Waals surface area contributed by atoms with Crippen LogP contribution in [0, 0.1) is 13.8 Å². The Morgan fingerprint density at radius 3 is 2.39 bits per heavy atom. The Balaban J connectivity index is 2.07. The van der Waals surface area contributed by atoms with Crippen molar-refractivity contribution in [3.05, 3.63) is 69.6 Å². The minimum atomic E-state index is -4.85. The van der Waals surface area contributed by atoms with Gasteiger partial charge in [0.05, 0.1) is 11.3 Å². The molecule has 1 heterocycles. The smallest absolute Gasteiger partial charge is 0.422 e. The molecule has 0 amide bonds. The fourth-order valence-electron chi connectivity index (χ4n) is 3.38. The van der Waals surface area contributed by atoms with E-state index in [9.17, 15) is 18.0 Å². The van der Waals surface area contributed by atoms with E-state index in [0.29, 0.717) is 11.1 Å². The van der Waals surface area contributed by atoms with Crippen molar-refractivity contribution in [2.45, 2.75) is 33.9 Å². The zero-order valence-corrected chi connectivity index (χ0v) is 17.8. The van der Waals surface area contributed by atoms with Gasteiger partial charge in [0.2, 0.25) is 0 Å². The maximum absolute atomic E-state index is 13.8. The molecule has 0 saturated heterocycles. The van der Waals surface area contributed by atoms with Gasteiger partial charge in [-0.25, -0.2) is 4.79 Å². The molecule has 0 aliphatic heterocycles.